The highest BCUT2D eigenvalue weighted by Gasteiger charge is 2.45. The molecule has 0 spiro atoms. The van der Waals surface area contributed by atoms with Gasteiger partial charge in [-0.3, -0.25) is 4.79 Å². The maximum Gasteiger partial charge on any atom is 0.343 e. The fourth-order valence-electron chi connectivity index (χ4n) is 2.77. The molecule has 5 nitrogen and oxygen atoms in total. The van der Waals surface area contributed by atoms with Crippen molar-refractivity contribution >= 4 is 17.6 Å². The van der Waals surface area contributed by atoms with Crippen LogP contribution in [0.2, 0.25) is 0 Å². The molecule has 1 aliphatic carbocycles. The van der Waals surface area contributed by atoms with Crippen LogP contribution in [0, 0.1) is 11.3 Å². The van der Waals surface area contributed by atoms with Gasteiger partial charge in [0.15, 0.2) is 0 Å². The van der Waals surface area contributed by atoms with Crippen LogP contribution in [0.5, 0.6) is 5.75 Å². The Labute approximate surface area is 130 Å². The second kappa shape index (κ2) is 5.00. The quantitative estimate of drug-likeness (QED) is 0.853. The van der Waals surface area contributed by atoms with Crippen molar-refractivity contribution in [3.8, 4) is 5.75 Å². The molecule has 0 radical (unpaired) electrons. The Morgan fingerprint density at radius 2 is 2.05 bits per heavy atom. The monoisotopic (exact) mass is 303 g/mol. The molecule has 2 aliphatic rings. The third-order valence-electron chi connectivity index (χ3n) is 4.27. The van der Waals surface area contributed by atoms with E-state index in [0.717, 1.165) is 12.0 Å². The summed E-state index contributed by atoms with van der Waals surface area (Å²) >= 11 is 0. The predicted molar refractivity (Wildman–Crippen MR) is 82.2 cm³/mol. The number of methoxy groups -OCH3 is 1. The number of carbonyl (C=O) groups excluding carboxylic acids is 2. The zero-order valence-corrected chi connectivity index (χ0v) is 13.4. The fraction of sp³-hybridized carbons (Fsp3) is 0.529. The van der Waals surface area contributed by atoms with Gasteiger partial charge < -0.3 is 14.8 Å². The third kappa shape index (κ3) is 2.45. The number of hydrogen-bond donors (Lipinski definition) is 1. The zero-order chi connectivity index (χ0) is 16.1. The number of fused-ring (bicyclic) bond motifs is 3. The molecule has 0 aromatic heterocycles. The van der Waals surface area contributed by atoms with Crippen molar-refractivity contribution in [2.24, 2.45) is 11.3 Å². The largest absolute Gasteiger partial charge is 0.492 e. The lowest BCUT2D eigenvalue weighted by Crippen LogP contribution is -2.29. The molecule has 1 aliphatic heterocycles. The van der Waals surface area contributed by atoms with Gasteiger partial charge in [0.1, 0.15) is 11.3 Å². The molecule has 2 atom stereocenters. The number of amides is 1. The summed E-state index contributed by atoms with van der Waals surface area (Å²) in [6.07, 6.45) is 1.10. The van der Waals surface area contributed by atoms with E-state index in [0.29, 0.717) is 35.4 Å². The summed E-state index contributed by atoms with van der Waals surface area (Å²) in [7, 11) is 1.33. The Kier molecular flexibility index (Phi) is 3.38. The first-order chi connectivity index (χ1) is 10.3. The molecule has 0 bridgehead atoms. The molecule has 1 amide bonds. The molecule has 1 heterocycles. The van der Waals surface area contributed by atoms with E-state index < -0.39 is 11.4 Å². The number of hydrogen-bond acceptors (Lipinski definition) is 4. The molecule has 1 aromatic carbocycles. The minimum absolute atomic E-state index is 0.155. The molecule has 1 N–H and O–H groups in total. The standard InChI is InChI=1S/C17H21NO4/c1-17(2,3)16(20)18-12-6-5-10-11-7-9(11)8-22-14(10)13(12)15(19)21-4/h5-6,9,11H,7-8H2,1-4H3,(H,18,20). The van der Waals surface area contributed by atoms with Gasteiger partial charge in [0, 0.05) is 11.3 Å². The zero-order valence-electron chi connectivity index (χ0n) is 13.4. The van der Waals surface area contributed by atoms with Gasteiger partial charge in [-0.25, -0.2) is 4.79 Å². The van der Waals surface area contributed by atoms with E-state index in [1.807, 2.05) is 26.8 Å². The number of nitrogens with one attached hydrogen (secondary N) is 1. The minimum Gasteiger partial charge on any atom is -0.492 e. The molecule has 2 unspecified atom stereocenters. The summed E-state index contributed by atoms with van der Waals surface area (Å²) in [5.41, 5.74) is 1.27. The van der Waals surface area contributed by atoms with Gasteiger partial charge in [-0.05, 0) is 24.0 Å². The van der Waals surface area contributed by atoms with Gasteiger partial charge in [-0.1, -0.05) is 26.8 Å². The van der Waals surface area contributed by atoms with Crippen LogP contribution in [0.4, 0.5) is 5.69 Å². The maximum absolute atomic E-state index is 12.2. The maximum atomic E-state index is 12.2. The number of anilines is 1. The number of carbonyl (C=O) groups is 2. The first-order valence-corrected chi connectivity index (χ1v) is 7.52. The lowest BCUT2D eigenvalue weighted by molar-refractivity contribution is -0.123. The minimum atomic E-state index is -0.550. The van der Waals surface area contributed by atoms with Gasteiger partial charge in [-0.2, -0.15) is 0 Å². The number of rotatable bonds is 2. The lowest BCUT2D eigenvalue weighted by Gasteiger charge is -2.23. The summed E-state index contributed by atoms with van der Waals surface area (Å²) in [6.45, 7) is 6.09. The summed E-state index contributed by atoms with van der Waals surface area (Å²) in [6, 6.07) is 3.72. The molecule has 118 valence electrons. The first-order valence-electron chi connectivity index (χ1n) is 7.52. The van der Waals surface area contributed by atoms with Gasteiger partial charge in [-0.15, -0.1) is 0 Å². The van der Waals surface area contributed by atoms with E-state index in [1.165, 1.54) is 7.11 Å². The second-order valence-electron chi connectivity index (χ2n) is 7.02. The summed E-state index contributed by atoms with van der Waals surface area (Å²) in [5, 5.41) is 2.82. The van der Waals surface area contributed by atoms with Crippen LogP contribution >= 0.6 is 0 Å². The van der Waals surface area contributed by atoms with E-state index in [9.17, 15) is 9.59 Å². The van der Waals surface area contributed by atoms with Crippen LogP contribution in [0.25, 0.3) is 0 Å². The van der Waals surface area contributed by atoms with E-state index >= 15 is 0 Å². The van der Waals surface area contributed by atoms with E-state index in [-0.39, 0.29) is 5.91 Å². The average molecular weight is 303 g/mol. The predicted octanol–water partition coefficient (Wildman–Crippen LogP) is 2.95. The lowest BCUT2D eigenvalue weighted by atomic mass is 9.94. The fourth-order valence-corrected chi connectivity index (χ4v) is 2.77. The highest BCUT2D eigenvalue weighted by molar-refractivity contribution is 6.05. The number of ether oxygens (including phenoxy) is 2. The average Bonchev–Trinajstić information content (AvgIpc) is 3.24. The third-order valence-corrected chi connectivity index (χ3v) is 4.27. The molecule has 3 rings (SSSR count). The first kappa shape index (κ1) is 14.9. The van der Waals surface area contributed by atoms with Gasteiger partial charge in [0.2, 0.25) is 5.91 Å². The Balaban J connectivity index is 2.03. The van der Waals surface area contributed by atoms with Crippen molar-refractivity contribution in [1.29, 1.82) is 0 Å². The summed E-state index contributed by atoms with van der Waals surface area (Å²) in [5.74, 6) is 0.961. The Bertz CT molecular complexity index is 645. The normalized spacial score (nSPS) is 22.0. The van der Waals surface area contributed by atoms with Crippen LogP contribution in [0.1, 0.15) is 49.0 Å². The second-order valence-corrected chi connectivity index (χ2v) is 7.02. The number of benzene rings is 1. The van der Waals surface area contributed by atoms with Crippen LogP contribution in [0.15, 0.2) is 12.1 Å². The topological polar surface area (TPSA) is 64.6 Å². The van der Waals surface area contributed by atoms with Crippen molar-refractivity contribution in [3.05, 3.63) is 23.3 Å². The molecular weight excluding hydrogens is 282 g/mol. The van der Waals surface area contributed by atoms with E-state index in [1.54, 1.807) is 6.07 Å². The smallest absolute Gasteiger partial charge is 0.343 e. The molecule has 1 fully saturated rings. The molecule has 1 aromatic rings. The summed E-state index contributed by atoms with van der Waals surface area (Å²) in [4.78, 5) is 24.4. The van der Waals surface area contributed by atoms with E-state index in [4.69, 9.17) is 9.47 Å². The van der Waals surface area contributed by atoms with Crippen molar-refractivity contribution in [2.45, 2.75) is 33.1 Å². The van der Waals surface area contributed by atoms with E-state index in [2.05, 4.69) is 5.32 Å². The van der Waals surface area contributed by atoms with Crippen molar-refractivity contribution in [3.63, 3.8) is 0 Å². The van der Waals surface area contributed by atoms with Crippen molar-refractivity contribution in [2.75, 3.05) is 19.0 Å². The van der Waals surface area contributed by atoms with Crippen LogP contribution in [-0.4, -0.2) is 25.6 Å². The van der Waals surface area contributed by atoms with Crippen molar-refractivity contribution in [1.82, 2.24) is 0 Å². The highest BCUT2D eigenvalue weighted by atomic mass is 16.5. The molecule has 1 saturated carbocycles. The van der Waals surface area contributed by atoms with Crippen LogP contribution in [0.3, 0.4) is 0 Å². The van der Waals surface area contributed by atoms with Crippen LogP contribution in [-0.2, 0) is 9.53 Å². The number of esters is 1. The molecule has 22 heavy (non-hydrogen) atoms. The van der Waals surface area contributed by atoms with Gasteiger partial charge in [0.05, 0.1) is 19.4 Å². The Hall–Kier alpha value is -2.04. The SMILES string of the molecule is COC(=O)c1c(NC(=O)C(C)(C)C)ccc2c1OCC1CC21. The highest BCUT2D eigenvalue weighted by Crippen LogP contribution is 2.55. The van der Waals surface area contributed by atoms with Crippen LogP contribution < -0.4 is 10.1 Å². The molecule has 0 saturated heterocycles. The van der Waals surface area contributed by atoms with Crippen molar-refractivity contribution < 1.29 is 19.1 Å². The molecular formula is C17H21NO4. The summed E-state index contributed by atoms with van der Waals surface area (Å²) < 4.78 is 10.7. The van der Waals surface area contributed by atoms with Gasteiger partial charge >= 0.3 is 5.97 Å². The molecule has 5 heteroatoms. The van der Waals surface area contributed by atoms with Gasteiger partial charge in [0.25, 0.3) is 0 Å². The Morgan fingerprint density at radius 3 is 2.68 bits per heavy atom. The Morgan fingerprint density at radius 1 is 1.32 bits per heavy atom.